The third kappa shape index (κ3) is 1.82. The van der Waals surface area contributed by atoms with Crippen molar-refractivity contribution in [3.05, 3.63) is 16.1 Å². The Kier molecular flexibility index (Phi) is 2.18. The second-order valence-electron chi connectivity index (χ2n) is 2.12. The van der Waals surface area contributed by atoms with Crippen LogP contribution in [0, 0.1) is 12.3 Å². The summed E-state index contributed by atoms with van der Waals surface area (Å²) in [6, 6.07) is 0. The van der Waals surface area contributed by atoms with Crippen molar-refractivity contribution in [2.75, 3.05) is 0 Å². The fourth-order valence-electron chi connectivity index (χ4n) is 0.623. The molecule has 0 atom stereocenters. The Morgan fingerprint density at radius 2 is 2.17 bits per heavy atom. The van der Waals surface area contributed by atoms with Crippen LogP contribution in [0.15, 0.2) is 5.38 Å². The predicted octanol–water partition coefficient (Wildman–Crippen LogP) is 2.38. The summed E-state index contributed by atoms with van der Waals surface area (Å²) < 4.78 is 35.7. The number of halogens is 3. The third-order valence-electron chi connectivity index (χ3n) is 1.16. The van der Waals surface area contributed by atoms with Crippen LogP contribution in [0.25, 0.3) is 0 Å². The van der Waals surface area contributed by atoms with Crippen LogP contribution in [0.4, 0.5) is 13.2 Å². The first kappa shape index (κ1) is 9.18. The Labute approximate surface area is 70.6 Å². The van der Waals surface area contributed by atoms with Crippen molar-refractivity contribution in [1.82, 2.24) is 4.98 Å². The Hall–Kier alpha value is -0.910. The number of hydrogen-bond acceptors (Lipinski definition) is 3. The maximum Gasteiger partial charge on any atom is 0.434 e. The van der Waals surface area contributed by atoms with Gasteiger partial charge in [0.15, 0.2) is 5.71 Å². The second kappa shape index (κ2) is 2.85. The molecule has 0 aliphatic carbocycles. The number of hydrogen-bond donors (Lipinski definition) is 1. The lowest BCUT2D eigenvalue weighted by Crippen LogP contribution is -2.23. The van der Waals surface area contributed by atoms with Gasteiger partial charge in [0, 0.05) is 5.38 Å². The molecule has 12 heavy (non-hydrogen) atoms. The molecule has 0 aromatic carbocycles. The Balaban J connectivity index is 2.93. The summed E-state index contributed by atoms with van der Waals surface area (Å²) in [5, 5.41) is 8.47. The molecule has 0 aliphatic heterocycles. The van der Waals surface area contributed by atoms with Crippen molar-refractivity contribution in [2.24, 2.45) is 0 Å². The van der Waals surface area contributed by atoms with Gasteiger partial charge in [0.1, 0.15) is 5.69 Å². The smallest absolute Gasteiger partial charge is 0.295 e. The lowest BCUT2D eigenvalue weighted by Gasteiger charge is -2.03. The first-order valence-electron chi connectivity index (χ1n) is 2.99. The minimum Gasteiger partial charge on any atom is -0.295 e. The molecule has 0 bridgehead atoms. The molecule has 66 valence electrons. The Bertz CT molecular complexity index is 302. The van der Waals surface area contributed by atoms with Gasteiger partial charge >= 0.3 is 6.18 Å². The van der Waals surface area contributed by atoms with Gasteiger partial charge in [-0.2, -0.15) is 13.2 Å². The van der Waals surface area contributed by atoms with E-state index >= 15 is 0 Å². The van der Waals surface area contributed by atoms with Gasteiger partial charge in [-0.15, -0.1) is 11.3 Å². The number of thiazole rings is 1. The zero-order chi connectivity index (χ0) is 9.35. The van der Waals surface area contributed by atoms with Crippen molar-refractivity contribution >= 4 is 17.0 Å². The van der Waals surface area contributed by atoms with Crippen LogP contribution in [-0.2, 0) is 0 Å². The molecular formula is C6H5F3N2S. The van der Waals surface area contributed by atoms with Gasteiger partial charge in [-0.1, -0.05) is 0 Å². The summed E-state index contributed by atoms with van der Waals surface area (Å²) in [6.07, 6.45) is -4.60. The number of alkyl halides is 3. The summed E-state index contributed by atoms with van der Waals surface area (Å²) in [7, 11) is 0. The largest absolute Gasteiger partial charge is 0.434 e. The number of aryl methyl sites for hydroxylation is 1. The molecule has 1 N–H and O–H groups in total. The van der Waals surface area contributed by atoms with Crippen molar-refractivity contribution in [3.63, 3.8) is 0 Å². The SMILES string of the molecule is Cc1nc(C(=N)C(F)(F)F)cs1. The zero-order valence-electron chi connectivity index (χ0n) is 6.07. The van der Waals surface area contributed by atoms with E-state index in [9.17, 15) is 13.2 Å². The molecule has 0 radical (unpaired) electrons. The molecule has 0 aliphatic rings. The van der Waals surface area contributed by atoms with Crippen LogP contribution in [-0.4, -0.2) is 16.9 Å². The summed E-state index contributed by atoms with van der Waals surface area (Å²) in [5.74, 6) is 0. The van der Waals surface area contributed by atoms with Gasteiger partial charge in [-0.05, 0) is 6.92 Å². The number of nitrogens with zero attached hydrogens (tertiary/aromatic N) is 1. The summed E-state index contributed by atoms with van der Waals surface area (Å²) in [4.78, 5) is 3.55. The van der Waals surface area contributed by atoms with E-state index < -0.39 is 11.9 Å². The van der Waals surface area contributed by atoms with Crippen LogP contribution >= 0.6 is 11.3 Å². The molecular weight excluding hydrogens is 189 g/mol. The van der Waals surface area contributed by atoms with E-state index in [1.807, 2.05) is 0 Å². The lowest BCUT2D eigenvalue weighted by molar-refractivity contribution is -0.0589. The molecule has 6 heteroatoms. The van der Waals surface area contributed by atoms with Crippen molar-refractivity contribution in [3.8, 4) is 0 Å². The van der Waals surface area contributed by atoms with Gasteiger partial charge < -0.3 is 0 Å². The average molecular weight is 194 g/mol. The van der Waals surface area contributed by atoms with Gasteiger partial charge in [-0.3, -0.25) is 5.41 Å². The summed E-state index contributed by atoms with van der Waals surface area (Å²) in [6.45, 7) is 1.60. The average Bonchev–Trinajstić information content (AvgIpc) is 2.32. The van der Waals surface area contributed by atoms with Crippen molar-refractivity contribution in [2.45, 2.75) is 13.1 Å². The first-order valence-corrected chi connectivity index (χ1v) is 3.87. The van der Waals surface area contributed by atoms with Crippen molar-refractivity contribution < 1.29 is 13.2 Å². The third-order valence-corrected chi connectivity index (χ3v) is 1.93. The number of aromatic nitrogens is 1. The predicted molar refractivity (Wildman–Crippen MR) is 39.7 cm³/mol. The van der Waals surface area contributed by atoms with E-state index in [-0.39, 0.29) is 5.69 Å². The number of rotatable bonds is 1. The van der Waals surface area contributed by atoms with Gasteiger partial charge in [0.25, 0.3) is 0 Å². The van der Waals surface area contributed by atoms with Crippen LogP contribution in [0.5, 0.6) is 0 Å². The molecule has 2 nitrogen and oxygen atoms in total. The molecule has 0 spiro atoms. The highest BCUT2D eigenvalue weighted by atomic mass is 32.1. The van der Waals surface area contributed by atoms with Gasteiger partial charge in [-0.25, -0.2) is 4.98 Å². The molecule has 0 fully saturated rings. The van der Waals surface area contributed by atoms with E-state index in [0.29, 0.717) is 5.01 Å². The van der Waals surface area contributed by atoms with Gasteiger partial charge in [0.2, 0.25) is 0 Å². The standard InChI is InChI=1S/C6H5F3N2S/c1-3-11-4(2-12-3)5(10)6(7,8)9/h2,10H,1H3. The normalized spacial score (nSPS) is 11.7. The maximum atomic E-state index is 11.9. The van der Waals surface area contributed by atoms with Crippen LogP contribution in [0.3, 0.4) is 0 Å². The van der Waals surface area contributed by atoms with E-state index in [2.05, 4.69) is 4.98 Å². The molecule has 1 aromatic rings. The highest BCUT2D eigenvalue weighted by molar-refractivity contribution is 7.09. The molecule has 0 amide bonds. The van der Waals surface area contributed by atoms with Crippen LogP contribution in [0.2, 0.25) is 0 Å². The molecule has 0 saturated heterocycles. The second-order valence-corrected chi connectivity index (χ2v) is 3.19. The molecule has 0 saturated carbocycles. The fourth-order valence-corrected chi connectivity index (χ4v) is 1.23. The number of nitrogens with one attached hydrogen (secondary N) is 1. The van der Waals surface area contributed by atoms with Crippen LogP contribution in [0.1, 0.15) is 10.7 Å². The molecule has 1 rings (SSSR count). The van der Waals surface area contributed by atoms with Crippen molar-refractivity contribution in [1.29, 1.82) is 5.41 Å². The van der Waals surface area contributed by atoms with E-state index in [0.717, 1.165) is 11.3 Å². The monoisotopic (exact) mass is 194 g/mol. The summed E-state index contributed by atoms with van der Waals surface area (Å²) >= 11 is 1.10. The first-order chi connectivity index (χ1) is 5.41. The molecule has 1 aromatic heterocycles. The fraction of sp³-hybridized carbons (Fsp3) is 0.333. The molecule has 1 heterocycles. The minimum absolute atomic E-state index is 0.301. The van der Waals surface area contributed by atoms with Crippen LogP contribution < -0.4 is 0 Å². The maximum absolute atomic E-state index is 11.9. The van der Waals surface area contributed by atoms with E-state index in [4.69, 9.17) is 5.41 Å². The van der Waals surface area contributed by atoms with E-state index in [1.54, 1.807) is 6.92 Å². The Morgan fingerprint density at radius 1 is 1.58 bits per heavy atom. The summed E-state index contributed by atoms with van der Waals surface area (Å²) in [5.41, 5.74) is -1.68. The highest BCUT2D eigenvalue weighted by Gasteiger charge is 2.36. The highest BCUT2D eigenvalue weighted by Crippen LogP contribution is 2.22. The Morgan fingerprint density at radius 3 is 2.50 bits per heavy atom. The zero-order valence-corrected chi connectivity index (χ0v) is 6.88. The minimum atomic E-state index is -4.60. The quantitative estimate of drug-likeness (QED) is 0.684. The van der Waals surface area contributed by atoms with E-state index in [1.165, 1.54) is 5.38 Å². The topological polar surface area (TPSA) is 36.7 Å². The molecule has 0 unspecified atom stereocenters. The lowest BCUT2D eigenvalue weighted by atomic mass is 10.3. The van der Waals surface area contributed by atoms with Gasteiger partial charge in [0.05, 0.1) is 5.01 Å².